The Morgan fingerprint density at radius 3 is 2.71 bits per heavy atom. The first-order chi connectivity index (χ1) is 11.6. The van der Waals surface area contributed by atoms with E-state index in [0.717, 1.165) is 42.8 Å². The highest BCUT2D eigenvalue weighted by atomic mass is 16.3. The van der Waals surface area contributed by atoms with Gasteiger partial charge in [-0.15, -0.1) is 0 Å². The Morgan fingerprint density at radius 2 is 2.00 bits per heavy atom. The van der Waals surface area contributed by atoms with Crippen LogP contribution in [-0.4, -0.2) is 26.5 Å². The number of carbonyl (C=O) groups is 1. The summed E-state index contributed by atoms with van der Waals surface area (Å²) in [5.41, 5.74) is 1.92. The molecule has 0 saturated heterocycles. The number of rotatable bonds is 6. The Hall–Kier alpha value is -1.94. The number of ketones is 1. The van der Waals surface area contributed by atoms with Gasteiger partial charge in [0.1, 0.15) is 11.9 Å². The highest BCUT2D eigenvalue weighted by Crippen LogP contribution is 2.29. The molecule has 1 N–H and O–H groups in total. The molecule has 128 valence electrons. The molecule has 0 amide bonds. The zero-order valence-electron chi connectivity index (χ0n) is 14.5. The van der Waals surface area contributed by atoms with Gasteiger partial charge in [0.2, 0.25) is 0 Å². The second kappa shape index (κ2) is 7.31. The number of nitrogens with zero attached hydrogens (tertiary/aromatic N) is 2. The van der Waals surface area contributed by atoms with Crippen molar-refractivity contribution in [3.8, 4) is 5.69 Å². The fourth-order valence-electron chi connectivity index (χ4n) is 3.67. The van der Waals surface area contributed by atoms with Crippen LogP contribution in [0.1, 0.15) is 56.8 Å². The largest absolute Gasteiger partial charge is 0.385 e. The van der Waals surface area contributed by atoms with Gasteiger partial charge in [-0.25, -0.2) is 4.98 Å². The maximum Gasteiger partial charge on any atom is 0.165 e. The van der Waals surface area contributed by atoms with Crippen LogP contribution < -0.4 is 0 Å². The predicted octanol–water partition coefficient (Wildman–Crippen LogP) is 3.66. The molecule has 1 saturated carbocycles. The Bertz CT molecular complexity index is 699. The summed E-state index contributed by atoms with van der Waals surface area (Å²) >= 11 is 0. The van der Waals surface area contributed by atoms with Crippen LogP contribution in [0.4, 0.5) is 0 Å². The topological polar surface area (TPSA) is 55.1 Å². The first-order valence-electron chi connectivity index (χ1n) is 8.90. The smallest absolute Gasteiger partial charge is 0.165 e. The van der Waals surface area contributed by atoms with E-state index >= 15 is 0 Å². The van der Waals surface area contributed by atoms with Crippen LogP contribution in [-0.2, 0) is 11.2 Å². The van der Waals surface area contributed by atoms with Crippen LogP contribution in [0.15, 0.2) is 36.7 Å². The van der Waals surface area contributed by atoms with Crippen molar-refractivity contribution in [2.24, 2.45) is 5.92 Å². The van der Waals surface area contributed by atoms with Crippen molar-refractivity contribution in [2.45, 2.75) is 58.0 Å². The van der Waals surface area contributed by atoms with Gasteiger partial charge >= 0.3 is 0 Å². The van der Waals surface area contributed by atoms with E-state index in [1.165, 1.54) is 0 Å². The van der Waals surface area contributed by atoms with E-state index in [9.17, 15) is 9.90 Å². The second-order valence-corrected chi connectivity index (χ2v) is 7.07. The minimum Gasteiger partial charge on any atom is -0.385 e. The van der Waals surface area contributed by atoms with Crippen LogP contribution in [0.2, 0.25) is 0 Å². The Labute approximate surface area is 143 Å². The number of aliphatic hydroxyl groups excluding tert-OH is 1. The van der Waals surface area contributed by atoms with Gasteiger partial charge in [0.05, 0.1) is 5.69 Å². The summed E-state index contributed by atoms with van der Waals surface area (Å²) in [7, 11) is 0. The number of imidazole rings is 1. The highest BCUT2D eigenvalue weighted by Gasteiger charge is 2.29. The van der Waals surface area contributed by atoms with Crippen molar-refractivity contribution in [3.05, 3.63) is 48.0 Å². The van der Waals surface area contributed by atoms with Crippen LogP contribution in [0, 0.1) is 5.92 Å². The molecule has 1 aromatic carbocycles. The van der Waals surface area contributed by atoms with E-state index in [4.69, 9.17) is 0 Å². The van der Waals surface area contributed by atoms with Gasteiger partial charge in [0.15, 0.2) is 5.78 Å². The molecule has 1 aliphatic rings. The number of benzene rings is 1. The first-order valence-corrected chi connectivity index (χ1v) is 8.90. The van der Waals surface area contributed by atoms with Gasteiger partial charge in [-0.1, -0.05) is 44.9 Å². The Kier molecular flexibility index (Phi) is 5.14. The van der Waals surface area contributed by atoms with E-state index in [2.05, 4.69) is 23.4 Å². The number of para-hydroxylation sites is 1. The molecule has 4 nitrogen and oxygen atoms in total. The lowest BCUT2D eigenvalue weighted by atomic mass is 9.93. The fraction of sp³-hybridized carbons (Fsp3) is 0.500. The van der Waals surface area contributed by atoms with Crippen LogP contribution in [0.25, 0.3) is 5.69 Å². The average Bonchev–Trinajstić information content (AvgIpc) is 3.26. The molecule has 4 heteroatoms. The number of Topliss-reactive ketones (excluding diaryl/α,β-unsaturated/α-hetero) is 1. The van der Waals surface area contributed by atoms with Gasteiger partial charge < -0.3 is 9.67 Å². The minimum atomic E-state index is -0.826. The number of hydrogen-bond acceptors (Lipinski definition) is 3. The molecule has 3 rings (SSSR count). The third-order valence-corrected chi connectivity index (χ3v) is 4.98. The molecule has 1 unspecified atom stereocenters. The molecule has 1 atom stereocenters. The minimum absolute atomic E-state index is 0.0689. The standard InChI is InChI=1S/C20H26N2O2/c1-14(2)20-21-11-12-22(20)17-10-6-5-9-16(17)13-18(23)19(24)15-7-3-4-8-15/h5-6,9-12,14-15,19,24H,3-4,7-8,13H2,1-2H3. The number of hydrogen-bond donors (Lipinski definition) is 1. The summed E-state index contributed by atoms with van der Waals surface area (Å²) in [6.07, 6.45) is 7.35. The lowest BCUT2D eigenvalue weighted by Gasteiger charge is -2.18. The normalized spacial score (nSPS) is 16.7. The molecule has 0 aliphatic heterocycles. The maximum atomic E-state index is 12.6. The zero-order valence-corrected chi connectivity index (χ0v) is 14.5. The van der Waals surface area contributed by atoms with Gasteiger partial charge in [-0.3, -0.25) is 4.79 Å². The summed E-state index contributed by atoms with van der Waals surface area (Å²) in [4.78, 5) is 17.0. The number of aromatic nitrogens is 2. The molecular weight excluding hydrogens is 300 g/mol. The highest BCUT2D eigenvalue weighted by molar-refractivity contribution is 5.86. The number of aliphatic hydroxyl groups is 1. The molecule has 1 heterocycles. The average molecular weight is 326 g/mol. The lowest BCUT2D eigenvalue weighted by Crippen LogP contribution is -2.29. The third-order valence-electron chi connectivity index (χ3n) is 4.98. The Morgan fingerprint density at radius 1 is 1.29 bits per heavy atom. The summed E-state index contributed by atoms with van der Waals surface area (Å²) in [6.45, 7) is 4.22. The van der Waals surface area contributed by atoms with Crippen LogP contribution in [0.3, 0.4) is 0 Å². The molecule has 1 aliphatic carbocycles. The fourth-order valence-corrected chi connectivity index (χ4v) is 3.67. The maximum absolute atomic E-state index is 12.6. The number of carbonyl (C=O) groups excluding carboxylic acids is 1. The zero-order chi connectivity index (χ0) is 17.1. The Balaban J connectivity index is 1.84. The van der Waals surface area contributed by atoms with Crippen molar-refractivity contribution < 1.29 is 9.90 Å². The summed E-state index contributed by atoms with van der Waals surface area (Å²) in [5.74, 6) is 1.35. The summed E-state index contributed by atoms with van der Waals surface area (Å²) in [5, 5.41) is 10.4. The van der Waals surface area contributed by atoms with Crippen molar-refractivity contribution in [1.82, 2.24) is 9.55 Å². The summed E-state index contributed by atoms with van der Waals surface area (Å²) < 4.78 is 2.05. The summed E-state index contributed by atoms with van der Waals surface area (Å²) in [6, 6.07) is 7.90. The van der Waals surface area contributed by atoms with Gasteiger partial charge in [-0.2, -0.15) is 0 Å². The third kappa shape index (κ3) is 3.44. The first kappa shape index (κ1) is 16.9. The van der Waals surface area contributed by atoms with E-state index < -0.39 is 6.10 Å². The molecule has 24 heavy (non-hydrogen) atoms. The van der Waals surface area contributed by atoms with E-state index in [1.807, 2.05) is 30.5 Å². The molecular formula is C20H26N2O2. The van der Waals surface area contributed by atoms with Crippen LogP contribution in [0.5, 0.6) is 0 Å². The van der Waals surface area contributed by atoms with Gasteiger partial charge in [-0.05, 0) is 30.4 Å². The monoisotopic (exact) mass is 326 g/mol. The van der Waals surface area contributed by atoms with Gasteiger partial charge in [0, 0.05) is 24.7 Å². The second-order valence-electron chi connectivity index (χ2n) is 7.07. The van der Waals surface area contributed by atoms with E-state index in [-0.39, 0.29) is 18.1 Å². The molecule has 0 radical (unpaired) electrons. The van der Waals surface area contributed by atoms with Crippen molar-refractivity contribution in [3.63, 3.8) is 0 Å². The predicted molar refractivity (Wildman–Crippen MR) is 94.3 cm³/mol. The molecule has 0 spiro atoms. The molecule has 1 fully saturated rings. The van der Waals surface area contributed by atoms with Crippen LogP contribution >= 0.6 is 0 Å². The van der Waals surface area contributed by atoms with E-state index in [0.29, 0.717) is 5.92 Å². The van der Waals surface area contributed by atoms with Crippen molar-refractivity contribution >= 4 is 5.78 Å². The molecule has 0 bridgehead atoms. The van der Waals surface area contributed by atoms with Crippen molar-refractivity contribution in [2.75, 3.05) is 0 Å². The molecule has 1 aromatic heterocycles. The molecule has 2 aromatic rings. The van der Waals surface area contributed by atoms with E-state index in [1.54, 1.807) is 6.20 Å². The SMILES string of the molecule is CC(C)c1nccn1-c1ccccc1CC(=O)C(O)C1CCCC1. The quantitative estimate of drug-likeness (QED) is 0.881. The van der Waals surface area contributed by atoms with Gasteiger partial charge in [0.25, 0.3) is 0 Å². The lowest BCUT2D eigenvalue weighted by molar-refractivity contribution is -0.129. The van der Waals surface area contributed by atoms with Crippen molar-refractivity contribution in [1.29, 1.82) is 0 Å².